The molecule has 25 heavy (non-hydrogen) atoms. The molecule has 2 aromatic rings. The van der Waals surface area contributed by atoms with E-state index in [-0.39, 0.29) is 5.91 Å². The first-order valence-corrected chi connectivity index (χ1v) is 8.23. The molecule has 0 aliphatic rings. The molecule has 1 unspecified atom stereocenters. The summed E-state index contributed by atoms with van der Waals surface area (Å²) >= 11 is 5.99. The fraction of sp³-hybridized carbons (Fsp3) is 0.316. The highest BCUT2D eigenvalue weighted by Crippen LogP contribution is 2.24. The van der Waals surface area contributed by atoms with Gasteiger partial charge in [-0.15, -0.1) is 0 Å². The van der Waals surface area contributed by atoms with Gasteiger partial charge in [-0.3, -0.25) is 4.79 Å². The average molecular weight is 364 g/mol. The second-order valence-corrected chi connectivity index (χ2v) is 5.97. The van der Waals surface area contributed by atoms with Gasteiger partial charge in [0.05, 0.1) is 14.2 Å². The summed E-state index contributed by atoms with van der Waals surface area (Å²) in [5.74, 6) is 1.76. The maximum absolute atomic E-state index is 12.3. The summed E-state index contributed by atoms with van der Waals surface area (Å²) in [5.41, 5.74) is 1.72. The van der Waals surface area contributed by atoms with Crippen LogP contribution in [0.3, 0.4) is 0 Å². The van der Waals surface area contributed by atoms with Gasteiger partial charge >= 0.3 is 0 Å². The zero-order valence-corrected chi connectivity index (χ0v) is 15.5. The van der Waals surface area contributed by atoms with E-state index in [4.69, 9.17) is 25.8 Å². The van der Waals surface area contributed by atoms with Crippen LogP contribution in [0, 0.1) is 6.92 Å². The molecule has 5 nitrogen and oxygen atoms in total. The lowest BCUT2D eigenvalue weighted by Crippen LogP contribution is -2.36. The summed E-state index contributed by atoms with van der Waals surface area (Å²) in [4.78, 5) is 12.3. The van der Waals surface area contributed by atoms with Gasteiger partial charge in [-0.25, -0.2) is 0 Å². The topological polar surface area (TPSA) is 56.8 Å². The Labute approximate surface area is 152 Å². The van der Waals surface area contributed by atoms with Crippen LogP contribution in [0.1, 0.15) is 18.1 Å². The number of benzene rings is 2. The fourth-order valence-corrected chi connectivity index (χ4v) is 2.41. The van der Waals surface area contributed by atoms with E-state index in [0.717, 1.165) is 11.1 Å². The van der Waals surface area contributed by atoms with E-state index >= 15 is 0 Å². The van der Waals surface area contributed by atoms with Crippen molar-refractivity contribution in [2.45, 2.75) is 26.5 Å². The maximum atomic E-state index is 12.3. The number of hydrogen-bond acceptors (Lipinski definition) is 4. The van der Waals surface area contributed by atoms with Crippen molar-refractivity contribution in [2.24, 2.45) is 0 Å². The molecule has 0 fully saturated rings. The predicted octanol–water partition coefficient (Wildman–Crippen LogP) is 3.75. The van der Waals surface area contributed by atoms with Crippen molar-refractivity contribution in [3.8, 4) is 17.2 Å². The van der Waals surface area contributed by atoms with Gasteiger partial charge in [-0.05, 0) is 55.8 Å². The Hall–Kier alpha value is -2.40. The molecule has 1 atom stereocenters. The molecular weight excluding hydrogens is 342 g/mol. The Bertz CT molecular complexity index is 748. The summed E-state index contributed by atoms with van der Waals surface area (Å²) < 4.78 is 16.2. The minimum absolute atomic E-state index is 0.225. The number of amides is 1. The van der Waals surface area contributed by atoms with Gasteiger partial charge in [0, 0.05) is 17.1 Å². The van der Waals surface area contributed by atoms with E-state index < -0.39 is 6.10 Å². The van der Waals surface area contributed by atoms with Gasteiger partial charge < -0.3 is 19.5 Å². The molecule has 0 bridgehead atoms. The van der Waals surface area contributed by atoms with Crippen LogP contribution in [0.2, 0.25) is 5.02 Å². The van der Waals surface area contributed by atoms with Crippen molar-refractivity contribution in [1.82, 2.24) is 5.32 Å². The van der Waals surface area contributed by atoms with E-state index in [0.29, 0.717) is 28.8 Å². The third kappa shape index (κ3) is 5.03. The third-order valence-corrected chi connectivity index (χ3v) is 4.18. The molecule has 134 valence electrons. The second-order valence-electron chi connectivity index (χ2n) is 5.57. The maximum Gasteiger partial charge on any atom is 0.261 e. The molecule has 0 heterocycles. The zero-order chi connectivity index (χ0) is 18.4. The lowest BCUT2D eigenvalue weighted by atomic mass is 10.2. The number of nitrogens with one attached hydrogen (secondary N) is 1. The van der Waals surface area contributed by atoms with Crippen molar-refractivity contribution in [3.05, 3.63) is 52.5 Å². The van der Waals surface area contributed by atoms with Crippen molar-refractivity contribution < 1.29 is 19.0 Å². The Morgan fingerprint density at radius 3 is 2.48 bits per heavy atom. The number of rotatable bonds is 7. The van der Waals surface area contributed by atoms with Crippen molar-refractivity contribution in [1.29, 1.82) is 0 Å². The fourth-order valence-electron chi connectivity index (χ4n) is 2.29. The van der Waals surface area contributed by atoms with Crippen LogP contribution >= 0.6 is 11.6 Å². The molecule has 1 amide bonds. The highest BCUT2D eigenvalue weighted by molar-refractivity contribution is 6.31. The quantitative estimate of drug-likeness (QED) is 0.814. The molecule has 0 aliphatic heterocycles. The predicted molar refractivity (Wildman–Crippen MR) is 97.7 cm³/mol. The van der Waals surface area contributed by atoms with Gasteiger partial charge in [0.25, 0.3) is 5.91 Å². The zero-order valence-electron chi connectivity index (χ0n) is 14.8. The normalized spacial score (nSPS) is 11.6. The van der Waals surface area contributed by atoms with Crippen LogP contribution in [0.4, 0.5) is 0 Å². The van der Waals surface area contributed by atoms with Gasteiger partial charge in [-0.1, -0.05) is 11.6 Å². The summed E-state index contributed by atoms with van der Waals surface area (Å²) in [6.45, 7) is 3.89. The number of hydrogen-bond donors (Lipinski definition) is 1. The minimum Gasteiger partial charge on any atom is -0.497 e. The smallest absolute Gasteiger partial charge is 0.261 e. The minimum atomic E-state index is -0.642. The van der Waals surface area contributed by atoms with Gasteiger partial charge in [0.15, 0.2) is 6.10 Å². The number of carbonyl (C=O) groups excluding carboxylic acids is 1. The first-order valence-electron chi connectivity index (χ1n) is 7.86. The van der Waals surface area contributed by atoms with Crippen molar-refractivity contribution in [3.63, 3.8) is 0 Å². The van der Waals surface area contributed by atoms with Gasteiger partial charge in [0.1, 0.15) is 17.2 Å². The van der Waals surface area contributed by atoms with Gasteiger partial charge in [-0.2, -0.15) is 0 Å². The van der Waals surface area contributed by atoms with E-state index in [9.17, 15) is 4.79 Å². The Kier molecular flexibility index (Phi) is 6.53. The molecule has 1 N–H and O–H groups in total. The van der Waals surface area contributed by atoms with Crippen molar-refractivity contribution in [2.75, 3.05) is 14.2 Å². The molecule has 0 aromatic heterocycles. The largest absolute Gasteiger partial charge is 0.497 e. The van der Waals surface area contributed by atoms with E-state index in [1.807, 2.05) is 13.0 Å². The molecule has 2 aromatic carbocycles. The molecule has 0 radical (unpaired) electrons. The molecule has 6 heteroatoms. The van der Waals surface area contributed by atoms with Crippen molar-refractivity contribution >= 4 is 17.5 Å². The van der Waals surface area contributed by atoms with Crippen LogP contribution in [0.25, 0.3) is 0 Å². The van der Waals surface area contributed by atoms with Crippen LogP contribution in [0.5, 0.6) is 17.2 Å². The first-order chi connectivity index (χ1) is 11.9. The van der Waals surface area contributed by atoms with Crippen LogP contribution in [0.15, 0.2) is 36.4 Å². The van der Waals surface area contributed by atoms with E-state index in [1.54, 1.807) is 51.5 Å². The Balaban J connectivity index is 1.98. The summed E-state index contributed by atoms with van der Waals surface area (Å²) in [6, 6.07) is 10.7. The van der Waals surface area contributed by atoms with E-state index in [1.165, 1.54) is 0 Å². The number of methoxy groups -OCH3 is 2. The molecule has 0 saturated carbocycles. The Morgan fingerprint density at radius 2 is 1.84 bits per heavy atom. The second kappa shape index (κ2) is 8.62. The molecular formula is C19H22ClNO4. The highest BCUT2D eigenvalue weighted by Gasteiger charge is 2.16. The Morgan fingerprint density at radius 1 is 1.12 bits per heavy atom. The summed E-state index contributed by atoms with van der Waals surface area (Å²) in [5, 5.41) is 3.51. The van der Waals surface area contributed by atoms with Gasteiger partial charge in [0.2, 0.25) is 0 Å². The SMILES string of the molecule is COc1ccc(OC)c(CNC(=O)C(C)Oc2ccc(Cl)c(C)c2)c1. The lowest BCUT2D eigenvalue weighted by Gasteiger charge is -2.16. The number of ether oxygens (including phenoxy) is 3. The molecule has 0 aliphatic carbocycles. The number of carbonyl (C=O) groups is 1. The molecule has 0 saturated heterocycles. The number of halogens is 1. The summed E-state index contributed by atoms with van der Waals surface area (Å²) in [6.07, 6.45) is -0.642. The first kappa shape index (κ1) is 18.9. The molecule has 0 spiro atoms. The standard InChI is InChI=1S/C19H22ClNO4/c1-12-9-16(5-7-17(12)20)25-13(2)19(22)21-11-14-10-15(23-3)6-8-18(14)24-4/h5-10,13H,11H2,1-4H3,(H,21,22). The number of aryl methyl sites for hydroxylation is 1. The lowest BCUT2D eigenvalue weighted by molar-refractivity contribution is -0.127. The van der Waals surface area contributed by atoms with Crippen LogP contribution in [-0.4, -0.2) is 26.2 Å². The van der Waals surface area contributed by atoms with Crippen LogP contribution in [-0.2, 0) is 11.3 Å². The van der Waals surface area contributed by atoms with Crippen LogP contribution < -0.4 is 19.5 Å². The molecule has 2 rings (SSSR count). The third-order valence-electron chi connectivity index (χ3n) is 3.75. The summed E-state index contributed by atoms with van der Waals surface area (Å²) in [7, 11) is 3.18. The highest BCUT2D eigenvalue weighted by atomic mass is 35.5. The monoisotopic (exact) mass is 363 g/mol. The average Bonchev–Trinajstić information content (AvgIpc) is 2.62. The van der Waals surface area contributed by atoms with E-state index in [2.05, 4.69) is 5.32 Å².